The van der Waals surface area contributed by atoms with Crippen LogP contribution in [0.2, 0.25) is 0 Å². The van der Waals surface area contributed by atoms with Gasteiger partial charge >= 0.3 is 6.03 Å². The first-order valence-corrected chi connectivity index (χ1v) is 14.6. The molecule has 2 aliphatic rings. The minimum atomic E-state index is -0.164. The van der Waals surface area contributed by atoms with E-state index in [4.69, 9.17) is 14.7 Å². The molecule has 4 rings (SSSR count). The number of ether oxygens (including phenoxy) is 1. The van der Waals surface area contributed by atoms with E-state index in [-0.39, 0.29) is 18.1 Å². The molecule has 1 saturated heterocycles. The van der Waals surface area contributed by atoms with Gasteiger partial charge in [-0.3, -0.25) is 4.90 Å². The van der Waals surface area contributed by atoms with E-state index in [0.29, 0.717) is 19.1 Å². The second-order valence-corrected chi connectivity index (χ2v) is 10.9. The second-order valence-electron chi connectivity index (χ2n) is 10.9. The molecule has 2 amide bonds. The summed E-state index contributed by atoms with van der Waals surface area (Å²) >= 11 is 0. The van der Waals surface area contributed by atoms with Crippen molar-refractivity contribution in [3.8, 4) is 11.4 Å². The fourth-order valence-electron chi connectivity index (χ4n) is 5.70. The van der Waals surface area contributed by atoms with E-state index in [1.807, 2.05) is 24.3 Å². The zero-order chi connectivity index (χ0) is 27.1. The molecule has 3 unspecified atom stereocenters. The number of hydrogen-bond acceptors (Lipinski definition) is 6. The maximum atomic E-state index is 12.4. The molecule has 2 aliphatic heterocycles. The van der Waals surface area contributed by atoms with Crippen molar-refractivity contribution in [1.82, 2.24) is 20.2 Å². The fraction of sp³-hybridized carbons (Fsp3) is 0.633. The Bertz CT molecular complexity index is 1060. The van der Waals surface area contributed by atoms with Crippen molar-refractivity contribution in [2.75, 3.05) is 49.6 Å². The van der Waals surface area contributed by atoms with Crippen LogP contribution >= 0.6 is 0 Å². The number of fused-ring (bicyclic) bond motifs is 1. The highest BCUT2D eigenvalue weighted by atomic mass is 16.5. The number of amides is 2. The molecule has 3 heterocycles. The summed E-state index contributed by atoms with van der Waals surface area (Å²) in [6, 6.07) is 8.22. The van der Waals surface area contributed by atoms with Crippen LogP contribution in [-0.2, 0) is 11.2 Å². The summed E-state index contributed by atoms with van der Waals surface area (Å²) in [5.74, 6) is 2.50. The summed E-state index contributed by atoms with van der Waals surface area (Å²) in [5, 5.41) is 5.93. The van der Waals surface area contributed by atoms with Crippen molar-refractivity contribution < 1.29 is 9.53 Å². The second kappa shape index (κ2) is 13.4. The number of nitrogens with zero attached hydrogens (tertiary/aromatic N) is 4. The van der Waals surface area contributed by atoms with Gasteiger partial charge in [-0.15, -0.1) is 0 Å². The Balaban J connectivity index is 1.48. The molecule has 0 aliphatic carbocycles. The molecule has 0 radical (unpaired) electrons. The van der Waals surface area contributed by atoms with Gasteiger partial charge in [0.2, 0.25) is 0 Å². The van der Waals surface area contributed by atoms with E-state index in [9.17, 15) is 4.79 Å². The number of carbonyl (C=O) groups is 1. The summed E-state index contributed by atoms with van der Waals surface area (Å²) in [6.07, 6.45) is 5.56. The molecule has 0 bridgehead atoms. The lowest BCUT2D eigenvalue weighted by Gasteiger charge is -2.39. The van der Waals surface area contributed by atoms with Gasteiger partial charge in [-0.2, -0.15) is 0 Å². The Morgan fingerprint density at radius 1 is 1.13 bits per heavy atom. The first-order valence-electron chi connectivity index (χ1n) is 14.6. The van der Waals surface area contributed by atoms with Crippen LogP contribution in [0.25, 0.3) is 11.4 Å². The topological polar surface area (TPSA) is 82.6 Å². The summed E-state index contributed by atoms with van der Waals surface area (Å²) in [5.41, 5.74) is 4.12. The van der Waals surface area contributed by atoms with Crippen molar-refractivity contribution in [1.29, 1.82) is 0 Å². The summed E-state index contributed by atoms with van der Waals surface area (Å²) < 4.78 is 5.71. The average molecular weight is 523 g/mol. The average Bonchev–Trinajstić information content (AvgIpc) is 2.92. The lowest BCUT2D eigenvalue weighted by Crippen LogP contribution is -2.45. The molecule has 2 aromatic rings. The van der Waals surface area contributed by atoms with E-state index < -0.39 is 0 Å². The third-order valence-corrected chi connectivity index (χ3v) is 8.00. The molecule has 1 fully saturated rings. The molecular weight excluding hydrogens is 476 g/mol. The lowest BCUT2D eigenvalue weighted by atomic mass is 9.97. The van der Waals surface area contributed by atoms with Gasteiger partial charge in [0.25, 0.3) is 0 Å². The van der Waals surface area contributed by atoms with Gasteiger partial charge in [0.05, 0.1) is 24.9 Å². The Hall–Kier alpha value is -2.71. The fourth-order valence-corrected chi connectivity index (χ4v) is 5.70. The normalized spacial score (nSPS) is 20.6. The van der Waals surface area contributed by atoms with Gasteiger partial charge in [0.15, 0.2) is 5.82 Å². The van der Waals surface area contributed by atoms with Gasteiger partial charge in [-0.25, -0.2) is 14.8 Å². The SMILES string of the molecule is CCCC(C)CCCNC(=O)Nc1ccc(-c2nc3c(c(N4CCOCC4C)n2)CCN(CC)C3C)cc1. The van der Waals surface area contributed by atoms with Crippen LogP contribution in [0.1, 0.15) is 77.6 Å². The largest absolute Gasteiger partial charge is 0.377 e. The van der Waals surface area contributed by atoms with Crippen LogP contribution in [0.3, 0.4) is 0 Å². The van der Waals surface area contributed by atoms with E-state index in [2.05, 4.69) is 55.1 Å². The van der Waals surface area contributed by atoms with Crippen LogP contribution in [0.5, 0.6) is 0 Å². The number of anilines is 2. The van der Waals surface area contributed by atoms with Crippen LogP contribution in [-0.4, -0.2) is 66.3 Å². The van der Waals surface area contributed by atoms with E-state index in [0.717, 1.165) is 74.1 Å². The third-order valence-electron chi connectivity index (χ3n) is 8.00. The maximum absolute atomic E-state index is 12.4. The first kappa shape index (κ1) is 28.3. The summed E-state index contributed by atoms with van der Waals surface area (Å²) in [6.45, 7) is 16.2. The minimum absolute atomic E-state index is 0.164. The highest BCUT2D eigenvalue weighted by Gasteiger charge is 2.31. The van der Waals surface area contributed by atoms with Crippen LogP contribution < -0.4 is 15.5 Å². The van der Waals surface area contributed by atoms with E-state index in [1.165, 1.54) is 18.4 Å². The number of nitrogens with one attached hydrogen (secondary N) is 2. The zero-order valence-corrected chi connectivity index (χ0v) is 23.9. The standard InChI is InChI=1S/C30H46N6O2/c1-6-9-21(3)10-8-16-31-30(37)32-25-13-11-24(12-14-25)28-33-27-23(5)35(7-2)17-15-26(27)29(34-28)36-18-19-38-20-22(36)4/h11-14,21-23H,6-10,15-20H2,1-5H3,(H2,31,32,37). The van der Waals surface area contributed by atoms with Crippen molar-refractivity contribution in [2.24, 2.45) is 5.92 Å². The molecular formula is C30H46N6O2. The Morgan fingerprint density at radius 2 is 1.92 bits per heavy atom. The molecule has 3 atom stereocenters. The van der Waals surface area contributed by atoms with Crippen molar-refractivity contribution >= 4 is 17.5 Å². The van der Waals surface area contributed by atoms with Gasteiger partial charge in [-0.1, -0.05) is 33.6 Å². The Morgan fingerprint density at radius 3 is 2.63 bits per heavy atom. The van der Waals surface area contributed by atoms with Crippen molar-refractivity contribution in [2.45, 2.75) is 78.8 Å². The van der Waals surface area contributed by atoms with Crippen molar-refractivity contribution in [3.63, 3.8) is 0 Å². The van der Waals surface area contributed by atoms with Crippen LogP contribution in [0, 0.1) is 5.92 Å². The summed E-state index contributed by atoms with van der Waals surface area (Å²) in [4.78, 5) is 27.5. The molecule has 208 valence electrons. The predicted octanol–water partition coefficient (Wildman–Crippen LogP) is 5.65. The molecule has 8 nitrogen and oxygen atoms in total. The highest BCUT2D eigenvalue weighted by molar-refractivity contribution is 5.89. The highest BCUT2D eigenvalue weighted by Crippen LogP contribution is 2.36. The molecule has 38 heavy (non-hydrogen) atoms. The van der Waals surface area contributed by atoms with Crippen molar-refractivity contribution in [3.05, 3.63) is 35.5 Å². The van der Waals surface area contributed by atoms with Gasteiger partial charge in [-0.05, 0) is 69.8 Å². The number of hydrogen-bond donors (Lipinski definition) is 2. The van der Waals surface area contributed by atoms with E-state index >= 15 is 0 Å². The molecule has 8 heteroatoms. The van der Waals surface area contributed by atoms with Crippen LogP contribution in [0.15, 0.2) is 24.3 Å². The minimum Gasteiger partial charge on any atom is -0.377 e. The summed E-state index contributed by atoms with van der Waals surface area (Å²) in [7, 11) is 0. The number of likely N-dealkylation sites (N-methyl/N-ethyl adjacent to an activating group) is 1. The Labute approximate surface area is 228 Å². The molecule has 0 saturated carbocycles. The monoisotopic (exact) mass is 522 g/mol. The first-order chi connectivity index (χ1) is 18.4. The van der Waals surface area contributed by atoms with Gasteiger partial charge in [0.1, 0.15) is 5.82 Å². The number of benzene rings is 1. The molecule has 0 spiro atoms. The number of urea groups is 1. The zero-order valence-electron chi connectivity index (χ0n) is 23.9. The molecule has 2 N–H and O–H groups in total. The van der Waals surface area contributed by atoms with E-state index in [1.54, 1.807) is 0 Å². The van der Waals surface area contributed by atoms with Crippen LogP contribution in [0.4, 0.5) is 16.3 Å². The number of morpholine rings is 1. The number of carbonyl (C=O) groups excluding carboxylic acids is 1. The molecule has 1 aromatic heterocycles. The molecule has 1 aromatic carbocycles. The number of rotatable bonds is 10. The lowest BCUT2D eigenvalue weighted by molar-refractivity contribution is 0.0982. The predicted molar refractivity (Wildman–Crippen MR) is 155 cm³/mol. The number of aromatic nitrogens is 2. The Kier molecular flexibility index (Phi) is 9.97. The third kappa shape index (κ3) is 6.83. The van der Waals surface area contributed by atoms with Gasteiger partial charge in [0, 0.05) is 42.5 Å². The quantitative estimate of drug-likeness (QED) is 0.393. The maximum Gasteiger partial charge on any atom is 0.319 e. The van der Waals surface area contributed by atoms with Gasteiger partial charge < -0.3 is 20.3 Å². The smallest absolute Gasteiger partial charge is 0.319 e.